The summed E-state index contributed by atoms with van der Waals surface area (Å²) in [5.74, 6) is 0.157. The molecule has 1 amide bonds. The van der Waals surface area contributed by atoms with Gasteiger partial charge >= 0.3 is 0 Å². The number of aliphatic hydroxyl groups excluding tert-OH is 1. The second-order valence-corrected chi connectivity index (χ2v) is 5.63. The molecule has 0 spiro atoms. The van der Waals surface area contributed by atoms with E-state index < -0.39 is 0 Å². The van der Waals surface area contributed by atoms with Crippen molar-refractivity contribution in [2.75, 3.05) is 12.3 Å². The third kappa shape index (κ3) is 4.31. The Morgan fingerprint density at radius 1 is 1.50 bits per heavy atom. The Hall–Kier alpha value is -1.07. The van der Waals surface area contributed by atoms with E-state index in [2.05, 4.69) is 21.2 Å². The fourth-order valence-electron chi connectivity index (χ4n) is 1.75. The van der Waals surface area contributed by atoms with Crippen LogP contribution in [0.4, 0.5) is 5.69 Å². The molecule has 0 aliphatic rings. The molecule has 1 unspecified atom stereocenters. The maximum atomic E-state index is 12.0. The van der Waals surface area contributed by atoms with Crippen LogP contribution in [0, 0.1) is 5.92 Å². The number of anilines is 1. The summed E-state index contributed by atoms with van der Waals surface area (Å²) < 4.78 is 0.831. The molecule has 0 aliphatic carbocycles. The fraction of sp³-hybridized carbons (Fsp3) is 0.462. The highest BCUT2D eigenvalue weighted by atomic mass is 79.9. The van der Waals surface area contributed by atoms with Gasteiger partial charge in [0.1, 0.15) is 0 Å². The lowest BCUT2D eigenvalue weighted by molar-refractivity contribution is 0.0909. The summed E-state index contributed by atoms with van der Waals surface area (Å²) in [7, 11) is 0. The first-order valence-corrected chi connectivity index (χ1v) is 6.70. The minimum atomic E-state index is -0.250. The van der Waals surface area contributed by atoms with E-state index in [4.69, 9.17) is 5.73 Å². The second kappa shape index (κ2) is 6.75. The number of hydrogen-bond donors (Lipinski definition) is 3. The number of rotatable bonds is 5. The zero-order chi connectivity index (χ0) is 13.7. The van der Waals surface area contributed by atoms with Gasteiger partial charge in [-0.1, -0.05) is 29.8 Å². The molecule has 0 saturated heterocycles. The summed E-state index contributed by atoms with van der Waals surface area (Å²) in [6, 6.07) is 4.88. The maximum Gasteiger partial charge on any atom is 0.253 e. The van der Waals surface area contributed by atoms with E-state index in [0.29, 0.717) is 17.2 Å². The monoisotopic (exact) mass is 314 g/mol. The molecule has 18 heavy (non-hydrogen) atoms. The summed E-state index contributed by atoms with van der Waals surface area (Å²) in [6.07, 6.45) is 0.735. The molecule has 0 aliphatic heterocycles. The number of halogens is 1. The lowest BCUT2D eigenvalue weighted by Crippen LogP contribution is -2.38. The lowest BCUT2D eigenvalue weighted by atomic mass is 10.0. The number of carbonyl (C=O) groups is 1. The van der Waals surface area contributed by atoms with Gasteiger partial charge in [-0.25, -0.2) is 0 Å². The first-order chi connectivity index (χ1) is 8.43. The smallest absolute Gasteiger partial charge is 0.253 e. The second-order valence-electron chi connectivity index (χ2n) is 4.71. The zero-order valence-electron chi connectivity index (χ0n) is 10.6. The SMILES string of the molecule is CC(C)CC(CO)NC(=O)c1ccc(Br)cc1N. The largest absolute Gasteiger partial charge is 0.398 e. The summed E-state index contributed by atoms with van der Waals surface area (Å²) in [4.78, 5) is 12.0. The molecule has 1 aromatic carbocycles. The quantitative estimate of drug-likeness (QED) is 0.729. The van der Waals surface area contributed by atoms with Crippen molar-refractivity contribution < 1.29 is 9.90 Å². The summed E-state index contributed by atoms with van der Waals surface area (Å²) in [6.45, 7) is 4.02. The van der Waals surface area contributed by atoms with E-state index in [1.165, 1.54) is 0 Å². The number of hydrogen-bond acceptors (Lipinski definition) is 3. The van der Waals surface area contributed by atoms with Crippen LogP contribution in [0.3, 0.4) is 0 Å². The Morgan fingerprint density at radius 3 is 2.67 bits per heavy atom. The molecule has 0 aromatic heterocycles. The lowest BCUT2D eigenvalue weighted by Gasteiger charge is -2.18. The molecule has 1 atom stereocenters. The van der Waals surface area contributed by atoms with Crippen molar-refractivity contribution in [2.24, 2.45) is 5.92 Å². The van der Waals surface area contributed by atoms with E-state index in [1.807, 2.05) is 13.8 Å². The molecule has 100 valence electrons. The van der Waals surface area contributed by atoms with Gasteiger partial charge in [0, 0.05) is 10.2 Å². The number of nitrogens with two attached hydrogens (primary N) is 1. The Labute approximate surface area is 116 Å². The van der Waals surface area contributed by atoms with E-state index in [-0.39, 0.29) is 18.6 Å². The van der Waals surface area contributed by atoms with Crippen LogP contribution in [-0.2, 0) is 0 Å². The first-order valence-electron chi connectivity index (χ1n) is 5.90. The maximum absolute atomic E-state index is 12.0. The van der Waals surface area contributed by atoms with Gasteiger partial charge in [0.2, 0.25) is 0 Å². The highest BCUT2D eigenvalue weighted by molar-refractivity contribution is 9.10. The highest BCUT2D eigenvalue weighted by Crippen LogP contribution is 2.18. The average Bonchev–Trinajstić information content (AvgIpc) is 2.27. The van der Waals surface area contributed by atoms with Gasteiger partial charge in [-0.05, 0) is 30.5 Å². The van der Waals surface area contributed by atoms with Crippen LogP contribution in [-0.4, -0.2) is 23.7 Å². The third-order valence-corrected chi connectivity index (χ3v) is 3.06. The molecular weight excluding hydrogens is 296 g/mol. The zero-order valence-corrected chi connectivity index (χ0v) is 12.2. The Morgan fingerprint density at radius 2 is 2.17 bits per heavy atom. The number of nitrogens with one attached hydrogen (secondary N) is 1. The van der Waals surface area contributed by atoms with Gasteiger partial charge in [-0.2, -0.15) is 0 Å². The van der Waals surface area contributed by atoms with Crippen molar-refractivity contribution in [3.63, 3.8) is 0 Å². The molecule has 0 radical (unpaired) electrons. The molecular formula is C13H19BrN2O2. The standard InChI is InChI=1S/C13H19BrN2O2/c1-8(2)5-10(7-17)16-13(18)11-4-3-9(14)6-12(11)15/h3-4,6,8,10,17H,5,7,15H2,1-2H3,(H,16,18). The first kappa shape index (κ1) is 15.0. The van der Waals surface area contributed by atoms with E-state index >= 15 is 0 Å². The topological polar surface area (TPSA) is 75.3 Å². The van der Waals surface area contributed by atoms with Gasteiger partial charge in [-0.15, -0.1) is 0 Å². The van der Waals surface area contributed by atoms with Gasteiger partial charge in [0.05, 0.1) is 18.2 Å². The Balaban J connectivity index is 2.74. The molecule has 0 fully saturated rings. The molecule has 1 aromatic rings. The van der Waals surface area contributed by atoms with E-state index in [0.717, 1.165) is 10.9 Å². The number of amides is 1. The van der Waals surface area contributed by atoms with Gasteiger partial charge in [-0.3, -0.25) is 4.79 Å². The van der Waals surface area contributed by atoms with Crippen molar-refractivity contribution in [3.8, 4) is 0 Å². The predicted octanol–water partition coefficient (Wildman–Crippen LogP) is 2.17. The molecule has 0 heterocycles. The normalized spacial score (nSPS) is 12.5. The predicted molar refractivity (Wildman–Crippen MR) is 76.3 cm³/mol. The minimum absolute atomic E-state index is 0.0691. The van der Waals surface area contributed by atoms with Gasteiger partial charge in [0.25, 0.3) is 5.91 Å². The van der Waals surface area contributed by atoms with E-state index in [9.17, 15) is 9.90 Å². The number of carbonyl (C=O) groups excluding carboxylic acids is 1. The van der Waals surface area contributed by atoms with Crippen LogP contribution in [0.2, 0.25) is 0 Å². The van der Waals surface area contributed by atoms with Crippen molar-refractivity contribution in [3.05, 3.63) is 28.2 Å². The summed E-state index contributed by atoms with van der Waals surface area (Å²) in [5.41, 5.74) is 6.64. The van der Waals surface area contributed by atoms with Crippen molar-refractivity contribution in [2.45, 2.75) is 26.3 Å². The molecule has 0 saturated carbocycles. The molecule has 4 N–H and O–H groups in total. The van der Waals surface area contributed by atoms with Crippen LogP contribution < -0.4 is 11.1 Å². The van der Waals surface area contributed by atoms with Crippen molar-refractivity contribution in [1.29, 1.82) is 0 Å². The fourth-order valence-corrected chi connectivity index (χ4v) is 2.13. The highest BCUT2D eigenvalue weighted by Gasteiger charge is 2.16. The summed E-state index contributed by atoms with van der Waals surface area (Å²) in [5, 5.41) is 12.0. The van der Waals surface area contributed by atoms with Crippen molar-refractivity contribution in [1.82, 2.24) is 5.32 Å². The average molecular weight is 315 g/mol. The Bertz CT molecular complexity index is 421. The van der Waals surface area contributed by atoms with Crippen LogP contribution in [0.5, 0.6) is 0 Å². The van der Waals surface area contributed by atoms with Gasteiger partial charge < -0.3 is 16.2 Å². The molecule has 4 nitrogen and oxygen atoms in total. The van der Waals surface area contributed by atoms with E-state index in [1.54, 1.807) is 18.2 Å². The minimum Gasteiger partial charge on any atom is -0.398 e. The Kier molecular flexibility index (Phi) is 5.62. The number of benzene rings is 1. The third-order valence-electron chi connectivity index (χ3n) is 2.57. The van der Waals surface area contributed by atoms with Crippen molar-refractivity contribution >= 4 is 27.5 Å². The number of nitrogen functional groups attached to an aromatic ring is 1. The van der Waals surface area contributed by atoms with Crippen LogP contribution in [0.1, 0.15) is 30.6 Å². The summed E-state index contributed by atoms with van der Waals surface area (Å²) >= 11 is 3.29. The number of aliphatic hydroxyl groups is 1. The van der Waals surface area contributed by atoms with Crippen LogP contribution >= 0.6 is 15.9 Å². The molecule has 5 heteroatoms. The van der Waals surface area contributed by atoms with Gasteiger partial charge in [0.15, 0.2) is 0 Å². The molecule has 0 bridgehead atoms. The molecule has 1 rings (SSSR count). The van der Waals surface area contributed by atoms with Crippen LogP contribution in [0.25, 0.3) is 0 Å². The van der Waals surface area contributed by atoms with Crippen LogP contribution in [0.15, 0.2) is 22.7 Å².